The first-order valence-corrected chi connectivity index (χ1v) is 6.73. The lowest BCUT2D eigenvalue weighted by Gasteiger charge is -2.18. The summed E-state index contributed by atoms with van der Waals surface area (Å²) in [6, 6.07) is 4.92. The van der Waals surface area contributed by atoms with Gasteiger partial charge in [-0.25, -0.2) is 0 Å². The van der Waals surface area contributed by atoms with Crippen LogP contribution in [-0.2, 0) is 9.59 Å². The van der Waals surface area contributed by atoms with E-state index >= 15 is 0 Å². The predicted octanol–water partition coefficient (Wildman–Crippen LogP) is 2.61. The number of halogens is 1. The van der Waals surface area contributed by atoms with Crippen LogP contribution in [0.2, 0.25) is 5.02 Å². The van der Waals surface area contributed by atoms with Crippen LogP contribution < -0.4 is 16.4 Å². The molecule has 0 aliphatic heterocycles. The Labute approximate surface area is 123 Å². The van der Waals surface area contributed by atoms with Crippen LogP contribution in [0.15, 0.2) is 18.2 Å². The van der Waals surface area contributed by atoms with Crippen LogP contribution in [-0.4, -0.2) is 18.4 Å². The molecule has 0 saturated heterocycles. The molecule has 0 radical (unpaired) electrons. The van der Waals surface area contributed by atoms with Crippen LogP contribution >= 0.6 is 11.6 Å². The molecule has 0 aliphatic rings. The van der Waals surface area contributed by atoms with Crippen molar-refractivity contribution in [1.82, 2.24) is 0 Å². The van der Waals surface area contributed by atoms with E-state index in [1.165, 1.54) is 0 Å². The molecule has 0 aromatic heterocycles. The van der Waals surface area contributed by atoms with Crippen molar-refractivity contribution in [3.05, 3.63) is 23.2 Å². The Morgan fingerprint density at radius 2 is 1.90 bits per heavy atom. The Hall–Kier alpha value is -1.59. The molecule has 0 heterocycles. The van der Waals surface area contributed by atoms with E-state index in [9.17, 15) is 9.59 Å². The zero-order valence-electron chi connectivity index (χ0n) is 11.9. The van der Waals surface area contributed by atoms with Crippen LogP contribution in [0.5, 0.6) is 0 Å². The van der Waals surface area contributed by atoms with Crippen molar-refractivity contribution in [1.29, 1.82) is 0 Å². The van der Waals surface area contributed by atoms with E-state index in [4.69, 9.17) is 17.3 Å². The Morgan fingerprint density at radius 3 is 2.45 bits per heavy atom. The van der Waals surface area contributed by atoms with Gasteiger partial charge in [0.1, 0.15) is 0 Å². The minimum absolute atomic E-state index is 0.148. The van der Waals surface area contributed by atoms with Gasteiger partial charge < -0.3 is 16.4 Å². The first-order valence-electron chi connectivity index (χ1n) is 6.35. The van der Waals surface area contributed by atoms with Gasteiger partial charge in [0, 0.05) is 24.1 Å². The van der Waals surface area contributed by atoms with Crippen molar-refractivity contribution < 1.29 is 9.59 Å². The summed E-state index contributed by atoms with van der Waals surface area (Å²) >= 11 is 6.04. The van der Waals surface area contributed by atoms with E-state index in [2.05, 4.69) is 10.6 Å². The Kier molecular flexibility index (Phi) is 5.53. The highest BCUT2D eigenvalue weighted by atomic mass is 35.5. The van der Waals surface area contributed by atoms with Gasteiger partial charge in [0.2, 0.25) is 11.8 Å². The monoisotopic (exact) mass is 297 g/mol. The van der Waals surface area contributed by atoms with E-state index in [-0.39, 0.29) is 24.8 Å². The molecule has 6 heteroatoms. The van der Waals surface area contributed by atoms with E-state index in [1.54, 1.807) is 18.2 Å². The molecule has 0 unspecified atom stereocenters. The number of amides is 2. The molecule has 0 bridgehead atoms. The van der Waals surface area contributed by atoms with E-state index in [1.807, 2.05) is 20.8 Å². The van der Waals surface area contributed by atoms with Crippen LogP contribution in [0.1, 0.15) is 27.2 Å². The van der Waals surface area contributed by atoms with Crippen molar-refractivity contribution in [2.75, 3.05) is 17.2 Å². The maximum atomic E-state index is 11.9. The average Bonchev–Trinajstić information content (AvgIpc) is 2.32. The Balaban J connectivity index is 2.87. The van der Waals surface area contributed by atoms with Gasteiger partial charge in [-0.1, -0.05) is 32.4 Å². The SMILES string of the molecule is CC(C)(C)C(=O)Nc1cc(NC(=O)CCN)ccc1Cl. The molecule has 5 nitrogen and oxygen atoms in total. The van der Waals surface area contributed by atoms with E-state index in [0.29, 0.717) is 16.4 Å². The average molecular weight is 298 g/mol. The number of nitrogens with one attached hydrogen (secondary N) is 2. The number of carbonyl (C=O) groups is 2. The second kappa shape index (κ2) is 6.72. The largest absolute Gasteiger partial charge is 0.330 e. The van der Waals surface area contributed by atoms with Crippen LogP contribution in [0, 0.1) is 5.41 Å². The normalized spacial score (nSPS) is 11.1. The third-order valence-electron chi connectivity index (χ3n) is 2.55. The maximum Gasteiger partial charge on any atom is 0.229 e. The van der Waals surface area contributed by atoms with Gasteiger partial charge in [-0.05, 0) is 18.2 Å². The molecule has 0 saturated carbocycles. The molecule has 0 aliphatic carbocycles. The molecule has 0 fully saturated rings. The second-order valence-corrected chi connectivity index (χ2v) is 5.89. The second-order valence-electron chi connectivity index (χ2n) is 5.49. The van der Waals surface area contributed by atoms with Gasteiger partial charge in [0.15, 0.2) is 0 Å². The summed E-state index contributed by atoms with van der Waals surface area (Å²) < 4.78 is 0. The van der Waals surface area contributed by atoms with E-state index < -0.39 is 5.41 Å². The number of nitrogens with two attached hydrogens (primary N) is 1. The van der Waals surface area contributed by atoms with Gasteiger partial charge in [-0.15, -0.1) is 0 Å². The molecule has 1 aromatic rings. The van der Waals surface area contributed by atoms with Crippen molar-refractivity contribution >= 4 is 34.8 Å². The number of benzene rings is 1. The van der Waals surface area contributed by atoms with Gasteiger partial charge >= 0.3 is 0 Å². The van der Waals surface area contributed by atoms with Gasteiger partial charge in [-0.3, -0.25) is 9.59 Å². The zero-order valence-corrected chi connectivity index (χ0v) is 12.7. The van der Waals surface area contributed by atoms with Crippen LogP contribution in [0.4, 0.5) is 11.4 Å². The minimum atomic E-state index is -0.526. The predicted molar refractivity (Wildman–Crippen MR) is 81.8 cm³/mol. The summed E-state index contributed by atoms with van der Waals surface area (Å²) in [7, 11) is 0. The summed E-state index contributed by atoms with van der Waals surface area (Å²) in [6.07, 6.45) is 0.242. The van der Waals surface area contributed by atoms with E-state index in [0.717, 1.165) is 0 Å². The van der Waals surface area contributed by atoms with Crippen molar-refractivity contribution in [3.63, 3.8) is 0 Å². The maximum absolute atomic E-state index is 11.9. The van der Waals surface area contributed by atoms with Crippen LogP contribution in [0.25, 0.3) is 0 Å². The molecule has 0 atom stereocenters. The molecule has 1 aromatic carbocycles. The summed E-state index contributed by atoms with van der Waals surface area (Å²) in [5, 5.41) is 5.86. The molecule has 110 valence electrons. The fourth-order valence-electron chi connectivity index (χ4n) is 1.36. The summed E-state index contributed by atoms with van der Waals surface area (Å²) in [5.74, 6) is -0.326. The highest BCUT2D eigenvalue weighted by Gasteiger charge is 2.22. The Morgan fingerprint density at radius 1 is 1.25 bits per heavy atom. The Bertz CT molecular complexity index is 510. The first-order chi connectivity index (χ1) is 9.24. The number of carbonyl (C=O) groups excluding carboxylic acids is 2. The standard InChI is InChI=1S/C14H20ClN3O2/c1-14(2,3)13(20)18-11-8-9(4-5-10(11)15)17-12(19)6-7-16/h4-5,8H,6-7,16H2,1-3H3,(H,17,19)(H,18,20). The lowest BCUT2D eigenvalue weighted by Crippen LogP contribution is -2.27. The number of anilines is 2. The van der Waals surface area contributed by atoms with Gasteiger partial charge in [0.05, 0.1) is 10.7 Å². The fraction of sp³-hybridized carbons (Fsp3) is 0.429. The summed E-state index contributed by atoms with van der Waals surface area (Å²) in [4.78, 5) is 23.4. The smallest absolute Gasteiger partial charge is 0.229 e. The summed E-state index contributed by atoms with van der Waals surface area (Å²) in [5.41, 5.74) is 5.82. The minimum Gasteiger partial charge on any atom is -0.330 e. The zero-order chi connectivity index (χ0) is 15.3. The molecular weight excluding hydrogens is 278 g/mol. The number of hydrogen-bond acceptors (Lipinski definition) is 3. The highest BCUT2D eigenvalue weighted by molar-refractivity contribution is 6.34. The molecule has 20 heavy (non-hydrogen) atoms. The van der Waals surface area contributed by atoms with Gasteiger partial charge in [0.25, 0.3) is 0 Å². The van der Waals surface area contributed by atoms with Crippen molar-refractivity contribution in [2.24, 2.45) is 11.1 Å². The third-order valence-corrected chi connectivity index (χ3v) is 2.88. The molecule has 2 amide bonds. The first kappa shape index (κ1) is 16.5. The molecule has 0 spiro atoms. The van der Waals surface area contributed by atoms with Crippen LogP contribution in [0.3, 0.4) is 0 Å². The molecule has 4 N–H and O–H groups in total. The number of rotatable bonds is 4. The number of hydrogen-bond donors (Lipinski definition) is 3. The van der Waals surface area contributed by atoms with Crippen molar-refractivity contribution in [2.45, 2.75) is 27.2 Å². The molecule has 1 rings (SSSR count). The van der Waals surface area contributed by atoms with Gasteiger partial charge in [-0.2, -0.15) is 0 Å². The third kappa shape index (κ3) is 4.83. The lowest BCUT2D eigenvalue weighted by molar-refractivity contribution is -0.123. The van der Waals surface area contributed by atoms with Crippen molar-refractivity contribution in [3.8, 4) is 0 Å². The molecular formula is C14H20ClN3O2. The quantitative estimate of drug-likeness (QED) is 0.798. The fourth-order valence-corrected chi connectivity index (χ4v) is 1.53. The topological polar surface area (TPSA) is 84.2 Å². The highest BCUT2D eigenvalue weighted by Crippen LogP contribution is 2.27. The summed E-state index contributed by atoms with van der Waals surface area (Å²) in [6.45, 7) is 5.71. The lowest BCUT2D eigenvalue weighted by atomic mass is 9.95.